The predicted octanol–water partition coefficient (Wildman–Crippen LogP) is 1.66. The first-order chi connectivity index (χ1) is 10.9. The van der Waals surface area contributed by atoms with Crippen LogP contribution in [0, 0.1) is 0 Å². The summed E-state index contributed by atoms with van der Waals surface area (Å²) in [6.45, 7) is 4.90. The van der Waals surface area contributed by atoms with E-state index in [2.05, 4.69) is 4.98 Å². The Kier molecular flexibility index (Phi) is 5.92. The Morgan fingerprint density at radius 1 is 1.22 bits per heavy atom. The van der Waals surface area contributed by atoms with Crippen LogP contribution >= 0.6 is 0 Å². The third-order valence-corrected chi connectivity index (χ3v) is 5.43. The summed E-state index contributed by atoms with van der Waals surface area (Å²) in [7, 11) is -3.62. The minimum atomic E-state index is -3.62. The summed E-state index contributed by atoms with van der Waals surface area (Å²) in [5.41, 5.74) is 6.69. The van der Waals surface area contributed by atoms with Crippen LogP contribution in [0.2, 0.25) is 0 Å². The molecule has 126 valence electrons. The lowest BCUT2D eigenvalue weighted by atomic mass is 10.1. The Balaban J connectivity index is 2.17. The Labute approximate surface area is 138 Å². The zero-order valence-electron chi connectivity index (χ0n) is 13.6. The Morgan fingerprint density at radius 2 is 1.91 bits per heavy atom. The van der Waals surface area contributed by atoms with E-state index < -0.39 is 10.0 Å². The molecule has 2 N–H and O–H groups in total. The van der Waals surface area contributed by atoms with Crippen molar-refractivity contribution in [3.63, 3.8) is 0 Å². The number of sulfonamides is 1. The minimum Gasteiger partial charge on any atom is -0.334 e. The Hall–Kier alpha value is -1.70. The molecule has 23 heavy (non-hydrogen) atoms. The van der Waals surface area contributed by atoms with Gasteiger partial charge < -0.3 is 10.3 Å². The molecule has 0 aliphatic rings. The van der Waals surface area contributed by atoms with E-state index in [0.717, 1.165) is 5.56 Å². The molecule has 1 aromatic heterocycles. The fourth-order valence-electron chi connectivity index (χ4n) is 2.26. The molecule has 0 radical (unpaired) electrons. The molecule has 0 bridgehead atoms. The summed E-state index contributed by atoms with van der Waals surface area (Å²) >= 11 is 0. The molecule has 1 heterocycles. The van der Waals surface area contributed by atoms with Crippen molar-refractivity contribution >= 4 is 10.0 Å². The predicted molar refractivity (Wildman–Crippen MR) is 90.6 cm³/mol. The van der Waals surface area contributed by atoms with Crippen molar-refractivity contribution in [3.8, 4) is 0 Å². The van der Waals surface area contributed by atoms with E-state index in [0.29, 0.717) is 13.0 Å². The molecule has 0 aliphatic carbocycles. The highest BCUT2D eigenvalue weighted by atomic mass is 32.2. The number of hydrogen-bond donors (Lipinski definition) is 1. The fraction of sp³-hybridized carbons (Fsp3) is 0.438. The molecule has 0 amide bonds. The van der Waals surface area contributed by atoms with Gasteiger partial charge in [-0.25, -0.2) is 13.4 Å². The SMILES string of the molecule is CC(C)n1cnc(S(=O)(=O)N(CCN)CCc2ccccc2)c1. The van der Waals surface area contributed by atoms with Gasteiger partial charge in [0.1, 0.15) is 0 Å². The van der Waals surface area contributed by atoms with Crippen molar-refractivity contribution in [2.24, 2.45) is 5.73 Å². The van der Waals surface area contributed by atoms with E-state index in [-0.39, 0.29) is 24.2 Å². The largest absolute Gasteiger partial charge is 0.334 e. The van der Waals surface area contributed by atoms with E-state index in [9.17, 15) is 8.42 Å². The van der Waals surface area contributed by atoms with Crippen LogP contribution in [0.5, 0.6) is 0 Å². The van der Waals surface area contributed by atoms with Crippen LogP contribution < -0.4 is 5.73 Å². The van der Waals surface area contributed by atoms with Crippen LogP contribution in [0.25, 0.3) is 0 Å². The summed E-state index contributed by atoms with van der Waals surface area (Å²) in [6, 6.07) is 9.97. The van der Waals surface area contributed by atoms with Crippen molar-refractivity contribution in [3.05, 3.63) is 48.4 Å². The zero-order valence-corrected chi connectivity index (χ0v) is 14.4. The first kappa shape index (κ1) is 17.7. The van der Waals surface area contributed by atoms with Gasteiger partial charge in [0.15, 0.2) is 5.03 Å². The fourth-order valence-corrected chi connectivity index (χ4v) is 3.64. The molecule has 0 saturated carbocycles. The van der Waals surface area contributed by atoms with Gasteiger partial charge in [-0.05, 0) is 25.8 Å². The van der Waals surface area contributed by atoms with Gasteiger partial charge in [-0.3, -0.25) is 0 Å². The number of nitrogens with two attached hydrogens (primary N) is 1. The van der Waals surface area contributed by atoms with Gasteiger partial charge in [-0.2, -0.15) is 4.31 Å². The first-order valence-electron chi connectivity index (χ1n) is 7.72. The second-order valence-corrected chi connectivity index (χ2v) is 7.57. The first-order valence-corrected chi connectivity index (χ1v) is 9.16. The molecule has 0 unspecified atom stereocenters. The maximum atomic E-state index is 12.8. The number of rotatable bonds is 8. The van der Waals surface area contributed by atoms with Crippen molar-refractivity contribution < 1.29 is 8.42 Å². The van der Waals surface area contributed by atoms with Gasteiger partial charge in [0.2, 0.25) is 0 Å². The van der Waals surface area contributed by atoms with Crippen LogP contribution in [0.15, 0.2) is 47.9 Å². The number of aromatic nitrogens is 2. The third-order valence-electron chi connectivity index (χ3n) is 3.65. The second-order valence-electron chi connectivity index (χ2n) is 5.68. The molecular formula is C16H24N4O2S. The van der Waals surface area contributed by atoms with Gasteiger partial charge in [-0.1, -0.05) is 30.3 Å². The van der Waals surface area contributed by atoms with Crippen LogP contribution in [0.1, 0.15) is 25.5 Å². The molecule has 6 nitrogen and oxygen atoms in total. The van der Waals surface area contributed by atoms with Crippen molar-refractivity contribution in [2.45, 2.75) is 31.3 Å². The van der Waals surface area contributed by atoms with Gasteiger partial charge in [-0.15, -0.1) is 0 Å². The molecule has 0 atom stereocenters. The molecule has 7 heteroatoms. The number of imidazole rings is 1. The van der Waals surface area contributed by atoms with Crippen molar-refractivity contribution in [2.75, 3.05) is 19.6 Å². The highest BCUT2D eigenvalue weighted by molar-refractivity contribution is 7.89. The molecule has 0 fully saturated rings. The molecule has 2 rings (SSSR count). The molecule has 0 saturated heterocycles. The Bertz CT molecular complexity index is 711. The van der Waals surface area contributed by atoms with E-state index in [1.807, 2.05) is 44.2 Å². The molecular weight excluding hydrogens is 312 g/mol. The maximum absolute atomic E-state index is 12.8. The molecule has 1 aromatic carbocycles. The highest BCUT2D eigenvalue weighted by Gasteiger charge is 2.26. The van der Waals surface area contributed by atoms with Gasteiger partial charge in [0.05, 0.1) is 6.33 Å². The van der Waals surface area contributed by atoms with Crippen molar-refractivity contribution in [1.29, 1.82) is 0 Å². The van der Waals surface area contributed by atoms with Crippen LogP contribution in [0.3, 0.4) is 0 Å². The minimum absolute atomic E-state index is 0.0766. The number of nitrogens with zero attached hydrogens (tertiary/aromatic N) is 3. The normalized spacial score (nSPS) is 12.2. The zero-order chi connectivity index (χ0) is 16.9. The molecule has 2 aromatic rings. The average molecular weight is 336 g/mol. The smallest absolute Gasteiger partial charge is 0.262 e. The van der Waals surface area contributed by atoms with Crippen molar-refractivity contribution in [1.82, 2.24) is 13.9 Å². The van der Waals surface area contributed by atoms with Gasteiger partial charge >= 0.3 is 0 Å². The van der Waals surface area contributed by atoms with Crippen LogP contribution in [-0.2, 0) is 16.4 Å². The highest BCUT2D eigenvalue weighted by Crippen LogP contribution is 2.16. The van der Waals surface area contributed by atoms with Crippen LogP contribution in [-0.4, -0.2) is 41.9 Å². The van der Waals surface area contributed by atoms with E-state index in [1.54, 1.807) is 17.1 Å². The summed E-state index contributed by atoms with van der Waals surface area (Å²) in [5.74, 6) is 0. The topological polar surface area (TPSA) is 81.2 Å². The summed E-state index contributed by atoms with van der Waals surface area (Å²) < 4.78 is 28.7. The quantitative estimate of drug-likeness (QED) is 0.795. The number of hydrogen-bond acceptors (Lipinski definition) is 4. The molecule has 0 spiro atoms. The summed E-state index contributed by atoms with van der Waals surface area (Å²) in [6.07, 6.45) is 3.77. The number of benzene rings is 1. The Morgan fingerprint density at radius 3 is 2.48 bits per heavy atom. The lowest BCUT2D eigenvalue weighted by molar-refractivity contribution is 0.420. The summed E-state index contributed by atoms with van der Waals surface area (Å²) in [5, 5.41) is 0.0766. The van der Waals surface area contributed by atoms with Crippen LogP contribution in [0.4, 0.5) is 0 Å². The molecule has 0 aliphatic heterocycles. The van der Waals surface area contributed by atoms with E-state index in [4.69, 9.17) is 5.73 Å². The lowest BCUT2D eigenvalue weighted by Crippen LogP contribution is -2.37. The third kappa shape index (κ3) is 4.40. The van der Waals surface area contributed by atoms with E-state index >= 15 is 0 Å². The lowest BCUT2D eigenvalue weighted by Gasteiger charge is -2.20. The summed E-state index contributed by atoms with van der Waals surface area (Å²) in [4.78, 5) is 4.06. The van der Waals surface area contributed by atoms with Gasteiger partial charge in [0, 0.05) is 31.9 Å². The standard InChI is InChI=1S/C16H24N4O2S/c1-14(2)19-12-16(18-13-19)23(21,22)20(11-9-17)10-8-15-6-4-3-5-7-15/h3-7,12-14H,8-11,17H2,1-2H3. The monoisotopic (exact) mass is 336 g/mol. The maximum Gasteiger partial charge on any atom is 0.262 e. The van der Waals surface area contributed by atoms with E-state index in [1.165, 1.54) is 4.31 Å². The second kappa shape index (κ2) is 7.72. The average Bonchev–Trinajstić information content (AvgIpc) is 3.03. The van der Waals surface area contributed by atoms with Gasteiger partial charge in [0.25, 0.3) is 10.0 Å².